The number of nitrogens with one attached hydrogen (secondary N) is 1. The lowest BCUT2D eigenvalue weighted by molar-refractivity contribution is 0.135. The summed E-state index contributed by atoms with van der Waals surface area (Å²) in [5, 5.41) is 12.7. The second kappa shape index (κ2) is 1.96. The van der Waals surface area contributed by atoms with Gasteiger partial charge in [-0.05, 0) is 31.2 Å². The van der Waals surface area contributed by atoms with E-state index in [4.69, 9.17) is 0 Å². The molecule has 3 atom stereocenters. The predicted octanol–water partition coefficient (Wildman–Crippen LogP) is -0.0233. The topological polar surface area (TPSA) is 32.3 Å². The molecule has 1 aliphatic heterocycles. The highest BCUT2D eigenvalue weighted by molar-refractivity contribution is 4.89. The monoisotopic (exact) mass is 127 g/mol. The Balaban J connectivity index is 2.07. The molecular weight excluding hydrogens is 114 g/mol. The van der Waals surface area contributed by atoms with Crippen molar-refractivity contribution in [1.29, 1.82) is 0 Å². The van der Waals surface area contributed by atoms with Crippen molar-refractivity contribution in [2.75, 3.05) is 13.1 Å². The molecule has 1 saturated heterocycles. The van der Waals surface area contributed by atoms with Gasteiger partial charge in [0.25, 0.3) is 0 Å². The van der Waals surface area contributed by atoms with E-state index in [9.17, 15) is 5.11 Å². The first-order valence-corrected chi connectivity index (χ1v) is 3.75. The molecule has 2 rings (SSSR count). The maximum atomic E-state index is 9.36. The van der Waals surface area contributed by atoms with Gasteiger partial charge in [0.15, 0.2) is 0 Å². The van der Waals surface area contributed by atoms with E-state index in [1.54, 1.807) is 0 Å². The summed E-state index contributed by atoms with van der Waals surface area (Å²) in [6, 6.07) is 0. The molecule has 2 aliphatic rings. The minimum Gasteiger partial charge on any atom is -0.393 e. The SMILES string of the molecule is O[C@H]1CC2CNC[C@H]1C2. The van der Waals surface area contributed by atoms with Crippen molar-refractivity contribution in [3.05, 3.63) is 0 Å². The van der Waals surface area contributed by atoms with Gasteiger partial charge in [0.1, 0.15) is 0 Å². The van der Waals surface area contributed by atoms with Crippen molar-refractivity contribution in [3.8, 4) is 0 Å². The van der Waals surface area contributed by atoms with Crippen molar-refractivity contribution >= 4 is 0 Å². The van der Waals surface area contributed by atoms with Crippen molar-refractivity contribution in [3.63, 3.8) is 0 Å². The van der Waals surface area contributed by atoms with Crippen LogP contribution in [0.1, 0.15) is 12.8 Å². The van der Waals surface area contributed by atoms with Crippen LogP contribution in [0.3, 0.4) is 0 Å². The zero-order valence-electron chi connectivity index (χ0n) is 5.51. The standard InChI is InChI=1S/C7H13NO/c9-7-2-5-1-6(7)4-8-3-5/h5-9H,1-4H2/t5?,6-,7+/m1/s1. The largest absolute Gasteiger partial charge is 0.393 e. The van der Waals surface area contributed by atoms with Crippen molar-refractivity contribution < 1.29 is 5.11 Å². The van der Waals surface area contributed by atoms with Crippen LogP contribution in [0.5, 0.6) is 0 Å². The second-order valence-electron chi connectivity index (χ2n) is 3.32. The van der Waals surface area contributed by atoms with Gasteiger partial charge in [0, 0.05) is 6.54 Å². The van der Waals surface area contributed by atoms with E-state index in [2.05, 4.69) is 5.32 Å². The molecule has 52 valence electrons. The zero-order chi connectivity index (χ0) is 6.27. The summed E-state index contributed by atoms with van der Waals surface area (Å²) in [5.41, 5.74) is 0. The third-order valence-corrected chi connectivity index (χ3v) is 2.59. The lowest BCUT2D eigenvalue weighted by Crippen LogP contribution is -2.32. The van der Waals surface area contributed by atoms with E-state index in [0.717, 1.165) is 25.4 Å². The van der Waals surface area contributed by atoms with Gasteiger partial charge < -0.3 is 10.4 Å². The van der Waals surface area contributed by atoms with Gasteiger partial charge in [-0.25, -0.2) is 0 Å². The molecule has 9 heavy (non-hydrogen) atoms. The summed E-state index contributed by atoms with van der Waals surface area (Å²) in [6.07, 6.45) is 2.30. The molecule has 0 aromatic carbocycles. The third-order valence-electron chi connectivity index (χ3n) is 2.59. The average molecular weight is 127 g/mol. The van der Waals surface area contributed by atoms with Crippen LogP contribution in [0.2, 0.25) is 0 Å². The van der Waals surface area contributed by atoms with Crippen molar-refractivity contribution in [1.82, 2.24) is 5.32 Å². The lowest BCUT2D eigenvalue weighted by Gasteiger charge is -2.19. The summed E-state index contributed by atoms with van der Waals surface area (Å²) in [4.78, 5) is 0. The Morgan fingerprint density at radius 2 is 2.11 bits per heavy atom. The molecule has 1 heterocycles. The normalized spacial score (nSPS) is 49.7. The molecule has 1 aliphatic carbocycles. The summed E-state index contributed by atoms with van der Waals surface area (Å²) in [5.74, 6) is 1.35. The van der Waals surface area contributed by atoms with Gasteiger partial charge in [-0.3, -0.25) is 0 Å². The first kappa shape index (κ1) is 5.69. The van der Waals surface area contributed by atoms with Crippen LogP contribution in [-0.2, 0) is 0 Å². The molecule has 1 saturated carbocycles. The number of hydrogen-bond donors (Lipinski definition) is 2. The van der Waals surface area contributed by atoms with E-state index >= 15 is 0 Å². The number of hydrogen-bond acceptors (Lipinski definition) is 2. The number of rotatable bonds is 0. The Morgan fingerprint density at radius 1 is 1.22 bits per heavy atom. The van der Waals surface area contributed by atoms with Crippen LogP contribution < -0.4 is 5.32 Å². The number of fused-ring (bicyclic) bond motifs is 2. The smallest absolute Gasteiger partial charge is 0.0583 e. The summed E-state index contributed by atoms with van der Waals surface area (Å²) < 4.78 is 0. The fourth-order valence-corrected chi connectivity index (χ4v) is 2.07. The van der Waals surface area contributed by atoms with Gasteiger partial charge in [-0.15, -0.1) is 0 Å². The zero-order valence-corrected chi connectivity index (χ0v) is 5.51. The molecule has 2 fully saturated rings. The van der Waals surface area contributed by atoms with Crippen LogP contribution in [0.15, 0.2) is 0 Å². The highest BCUT2D eigenvalue weighted by atomic mass is 16.3. The third kappa shape index (κ3) is 0.864. The first-order valence-electron chi connectivity index (χ1n) is 3.75. The predicted molar refractivity (Wildman–Crippen MR) is 35.1 cm³/mol. The molecule has 2 bridgehead atoms. The van der Waals surface area contributed by atoms with Crippen molar-refractivity contribution in [2.24, 2.45) is 11.8 Å². The molecule has 0 radical (unpaired) electrons. The summed E-state index contributed by atoms with van der Waals surface area (Å²) in [6.45, 7) is 2.17. The average Bonchev–Trinajstić information content (AvgIpc) is 2.09. The number of piperidine rings is 1. The van der Waals surface area contributed by atoms with Crippen LogP contribution in [-0.4, -0.2) is 24.3 Å². The molecule has 0 amide bonds. The molecule has 2 heteroatoms. The van der Waals surface area contributed by atoms with Crippen molar-refractivity contribution in [2.45, 2.75) is 18.9 Å². The Labute approximate surface area is 55.3 Å². The van der Waals surface area contributed by atoms with Gasteiger partial charge in [0.05, 0.1) is 6.10 Å². The van der Waals surface area contributed by atoms with Gasteiger partial charge in [-0.1, -0.05) is 0 Å². The Morgan fingerprint density at radius 3 is 2.78 bits per heavy atom. The van der Waals surface area contributed by atoms with Crippen LogP contribution in [0, 0.1) is 11.8 Å². The fourth-order valence-electron chi connectivity index (χ4n) is 2.07. The fraction of sp³-hybridized carbons (Fsp3) is 1.00. The van der Waals surface area contributed by atoms with E-state index in [0.29, 0.717) is 5.92 Å². The Hall–Kier alpha value is -0.0800. The Kier molecular flexibility index (Phi) is 1.24. The van der Waals surface area contributed by atoms with E-state index in [1.807, 2.05) is 0 Å². The quantitative estimate of drug-likeness (QED) is 0.479. The maximum absolute atomic E-state index is 9.36. The minimum atomic E-state index is 0.00463. The molecule has 0 aromatic rings. The highest BCUT2D eigenvalue weighted by Crippen LogP contribution is 2.32. The summed E-state index contributed by atoms with van der Waals surface area (Å²) in [7, 11) is 0. The molecule has 2 nitrogen and oxygen atoms in total. The van der Waals surface area contributed by atoms with E-state index in [1.165, 1.54) is 6.42 Å². The summed E-state index contributed by atoms with van der Waals surface area (Å²) >= 11 is 0. The molecule has 0 spiro atoms. The molecule has 2 N–H and O–H groups in total. The lowest BCUT2D eigenvalue weighted by atomic mass is 10.0. The molecule has 1 unspecified atom stereocenters. The van der Waals surface area contributed by atoms with Gasteiger partial charge >= 0.3 is 0 Å². The second-order valence-corrected chi connectivity index (χ2v) is 3.32. The first-order chi connectivity index (χ1) is 4.36. The number of aliphatic hydroxyl groups is 1. The van der Waals surface area contributed by atoms with Crippen LogP contribution in [0.4, 0.5) is 0 Å². The van der Waals surface area contributed by atoms with E-state index < -0.39 is 0 Å². The maximum Gasteiger partial charge on any atom is 0.0583 e. The van der Waals surface area contributed by atoms with Crippen LogP contribution >= 0.6 is 0 Å². The highest BCUT2D eigenvalue weighted by Gasteiger charge is 2.35. The number of aliphatic hydroxyl groups excluding tert-OH is 1. The Bertz CT molecular complexity index is 113. The van der Waals surface area contributed by atoms with Gasteiger partial charge in [0.2, 0.25) is 0 Å². The molecular formula is C7H13NO. The minimum absolute atomic E-state index is 0.00463. The van der Waals surface area contributed by atoms with E-state index in [-0.39, 0.29) is 6.10 Å². The molecule has 0 aromatic heterocycles. The van der Waals surface area contributed by atoms with Gasteiger partial charge in [-0.2, -0.15) is 0 Å². The van der Waals surface area contributed by atoms with Crippen LogP contribution in [0.25, 0.3) is 0 Å².